The molecule has 2 aliphatic rings. The van der Waals surface area contributed by atoms with E-state index in [0.29, 0.717) is 24.4 Å². The van der Waals surface area contributed by atoms with E-state index in [9.17, 15) is 4.79 Å². The van der Waals surface area contributed by atoms with Gasteiger partial charge in [0, 0.05) is 50.9 Å². The number of rotatable bonds is 4. The maximum Gasteiger partial charge on any atom is 0.222 e. The molecule has 1 aromatic rings. The highest BCUT2D eigenvalue weighted by molar-refractivity contribution is 5.76. The fourth-order valence-corrected chi connectivity index (χ4v) is 3.58. The van der Waals surface area contributed by atoms with Gasteiger partial charge >= 0.3 is 0 Å². The van der Waals surface area contributed by atoms with Gasteiger partial charge < -0.3 is 9.80 Å². The maximum absolute atomic E-state index is 12.5. The van der Waals surface area contributed by atoms with Gasteiger partial charge in [-0.05, 0) is 38.3 Å². The zero-order valence-electron chi connectivity index (χ0n) is 14.0. The molecule has 2 atom stereocenters. The Balaban J connectivity index is 1.45. The zero-order chi connectivity index (χ0) is 16.2. The van der Waals surface area contributed by atoms with Gasteiger partial charge in [-0.3, -0.25) is 15.6 Å². The molecule has 2 aliphatic heterocycles. The minimum atomic E-state index is 0.289. The van der Waals surface area contributed by atoms with Crippen LogP contribution in [0.2, 0.25) is 0 Å². The Morgan fingerprint density at radius 1 is 1.17 bits per heavy atom. The molecule has 2 fully saturated rings. The second kappa shape index (κ2) is 7.27. The summed E-state index contributed by atoms with van der Waals surface area (Å²) in [6.07, 6.45) is 3.41. The lowest BCUT2D eigenvalue weighted by Gasteiger charge is -2.35. The SMILES string of the molecule is CC1NNC(C)C1CCC(=O)N1CCN(c2ccccn2)CC1. The molecule has 3 heterocycles. The third kappa shape index (κ3) is 3.82. The molecule has 0 radical (unpaired) electrons. The molecule has 1 amide bonds. The van der Waals surface area contributed by atoms with Gasteiger partial charge in [0.25, 0.3) is 0 Å². The van der Waals surface area contributed by atoms with Crippen LogP contribution in [0.3, 0.4) is 0 Å². The van der Waals surface area contributed by atoms with E-state index in [-0.39, 0.29) is 5.91 Å². The molecule has 0 saturated carbocycles. The molecule has 0 bridgehead atoms. The van der Waals surface area contributed by atoms with E-state index >= 15 is 0 Å². The summed E-state index contributed by atoms with van der Waals surface area (Å²) < 4.78 is 0. The molecule has 0 spiro atoms. The van der Waals surface area contributed by atoms with Crippen molar-refractivity contribution in [1.82, 2.24) is 20.7 Å². The minimum absolute atomic E-state index is 0.289. The smallest absolute Gasteiger partial charge is 0.222 e. The summed E-state index contributed by atoms with van der Waals surface area (Å²) in [6.45, 7) is 7.67. The van der Waals surface area contributed by atoms with E-state index in [1.807, 2.05) is 29.3 Å². The van der Waals surface area contributed by atoms with Gasteiger partial charge in [0.1, 0.15) is 5.82 Å². The number of aromatic nitrogens is 1. The van der Waals surface area contributed by atoms with E-state index in [1.54, 1.807) is 0 Å². The predicted molar refractivity (Wildman–Crippen MR) is 90.9 cm³/mol. The highest BCUT2D eigenvalue weighted by Crippen LogP contribution is 2.21. The van der Waals surface area contributed by atoms with Gasteiger partial charge in [0.2, 0.25) is 5.91 Å². The number of nitrogens with zero attached hydrogens (tertiary/aromatic N) is 3. The lowest BCUT2D eigenvalue weighted by molar-refractivity contribution is -0.131. The summed E-state index contributed by atoms with van der Waals surface area (Å²) in [7, 11) is 0. The fraction of sp³-hybridized carbons (Fsp3) is 0.647. The highest BCUT2D eigenvalue weighted by atomic mass is 16.2. The van der Waals surface area contributed by atoms with E-state index in [0.717, 1.165) is 38.4 Å². The first-order chi connectivity index (χ1) is 11.1. The van der Waals surface area contributed by atoms with E-state index in [1.165, 1.54) is 0 Å². The van der Waals surface area contributed by atoms with Crippen LogP contribution < -0.4 is 15.8 Å². The quantitative estimate of drug-likeness (QED) is 0.868. The maximum atomic E-state index is 12.5. The Bertz CT molecular complexity index is 505. The number of nitrogens with one attached hydrogen (secondary N) is 2. The molecule has 2 saturated heterocycles. The van der Waals surface area contributed by atoms with Crippen LogP contribution in [0.5, 0.6) is 0 Å². The van der Waals surface area contributed by atoms with Crippen molar-refractivity contribution in [3.63, 3.8) is 0 Å². The van der Waals surface area contributed by atoms with Crippen LogP contribution in [0, 0.1) is 5.92 Å². The summed E-state index contributed by atoms with van der Waals surface area (Å²) in [5, 5.41) is 0. The number of piperazine rings is 1. The number of hydrogen-bond donors (Lipinski definition) is 2. The standard InChI is InChI=1S/C17H27N5O/c1-13-15(14(2)20-19-13)6-7-17(23)22-11-9-21(10-12-22)16-5-3-4-8-18-16/h3-5,8,13-15,19-20H,6-7,9-12H2,1-2H3. The topological polar surface area (TPSA) is 60.5 Å². The largest absolute Gasteiger partial charge is 0.353 e. The van der Waals surface area contributed by atoms with Gasteiger partial charge in [-0.15, -0.1) is 0 Å². The van der Waals surface area contributed by atoms with Gasteiger partial charge in [-0.1, -0.05) is 6.07 Å². The number of anilines is 1. The van der Waals surface area contributed by atoms with E-state index in [4.69, 9.17) is 0 Å². The van der Waals surface area contributed by atoms with Crippen molar-refractivity contribution in [2.24, 2.45) is 5.92 Å². The van der Waals surface area contributed by atoms with Crippen LogP contribution >= 0.6 is 0 Å². The van der Waals surface area contributed by atoms with Crippen LogP contribution in [0.25, 0.3) is 0 Å². The van der Waals surface area contributed by atoms with Crippen molar-refractivity contribution in [3.8, 4) is 0 Å². The molecule has 2 N–H and O–H groups in total. The van der Waals surface area contributed by atoms with Crippen molar-refractivity contribution in [2.45, 2.75) is 38.8 Å². The third-order valence-electron chi connectivity index (χ3n) is 5.12. The predicted octanol–water partition coefficient (Wildman–Crippen LogP) is 1.01. The van der Waals surface area contributed by atoms with Crippen LogP contribution in [0.15, 0.2) is 24.4 Å². The summed E-state index contributed by atoms with van der Waals surface area (Å²) in [6, 6.07) is 6.82. The number of carbonyl (C=O) groups is 1. The van der Waals surface area contributed by atoms with Crippen molar-refractivity contribution in [2.75, 3.05) is 31.1 Å². The molecule has 0 aliphatic carbocycles. The second-order valence-corrected chi connectivity index (χ2v) is 6.62. The minimum Gasteiger partial charge on any atom is -0.353 e. The van der Waals surface area contributed by atoms with Crippen molar-refractivity contribution in [1.29, 1.82) is 0 Å². The Labute approximate surface area is 138 Å². The van der Waals surface area contributed by atoms with Crippen LogP contribution in [-0.2, 0) is 4.79 Å². The fourth-order valence-electron chi connectivity index (χ4n) is 3.58. The Kier molecular flexibility index (Phi) is 5.13. The van der Waals surface area contributed by atoms with Crippen molar-refractivity contribution >= 4 is 11.7 Å². The lowest BCUT2D eigenvalue weighted by atomic mass is 9.91. The summed E-state index contributed by atoms with van der Waals surface area (Å²) in [4.78, 5) is 21.1. The molecule has 1 aromatic heterocycles. The molecule has 6 heteroatoms. The van der Waals surface area contributed by atoms with Gasteiger partial charge in [0.05, 0.1) is 0 Å². The average Bonchev–Trinajstić information content (AvgIpc) is 2.92. The Morgan fingerprint density at radius 3 is 2.48 bits per heavy atom. The Morgan fingerprint density at radius 2 is 1.87 bits per heavy atom. The van der Waals surface area contributed by atoms with E-state index in [2.05, 4.69) is 34.6 Å². The molecule has 126 valence electrons. The monoisotopic (exact) mass is 317 g/mol. The first kappa shape index (κ1) is 16.2. The van der Waals surface area contributed by atoms with E-state index < -0.39 is 0 Å². The number of hydrazine groups is 1. The zero-order valence-corrected chi connectivity index (χ0v) is 14.0. The number of carbonyl (C=O) groups excluding carboxylic acids is 1. The normalized spacial score (nSPS) is 28.2. The van der Waals surface area contributed by atoms with Crippen molar-refractivity contribution < 1.29 is 4.79 Å². The molecule has 6 nitrogen and oxygen atoms in total. The summed E-state index contributed by atoms with van der Waals surface area (Å²) >= 11 is 0. The number of amides is 1. The van der Waals surface area contributed by atoms with Crippen LogP contribution in [-0.4, -0.2) is 54.1 Å². The average molecular weight is 317 g/mol. The van der Waals surface area contributed by atoms with Gasteiger partial charge in [-0.25, -0.2) is 4.98 Å². The summed E-state index contributed by atoms with van der Waals surface area (Å²) in [5.74, 6) is 1.82. The highest BCUT2D eigenvalue weighted by Gasteiger charge is 2.30. The molecule has 2 unspecified atom stereocenters. The molecule has 0 aromatic carbocycles. The molecule has 3 rings (SSSR count). The first-order valence-corrected chi connectivity index (χ1v) is 8.60. The first-order valence-electron chi connectivity index (χ1n) is 8.60. The number of pyridine rings is 1. The van der Waals surface area contributed by atoms with Gasteiger partial charge in [0.15, 0.2) is 0 Å². The van der Waals surface area contributed by atoms with Crippen LogP contribution in [0.1, 0.15) is 26.7 Å². The Hall–Kier alpha value is -1.66. The van der Waals surface area contributed by atoms with Gasteiger partial charge in [-0.2, -0.15) is 0 Å². The second-order valence-electron chi connectivity index (χ2n) is 6.62. The van der Waals surface area contributed by atoms with Crippen molar-refractivity contribution in [3.05, 3.63) is 24.4 Å². The third-order valence-corrected chi connectivity index (χ3v) is 5.12. The van der Waals surface area contributed by atoms with Crippen LogP contribution in [0.4, 0.5) is 5.82 Å². The molecular weight excluding hydrogens is 290 g/mol. The molecule has 23 heavy (non-hydrogen) atoms. The molecular formula is C17H27N5O. The lowest BCUT2D eigenvalue weighted by Crippen LogP contribution is -2.49. The summed E-state index contributed by atoms with van der Waals surface area (Å²) in [5.41, 5.74) is 6.52. The number of hydrogen-bond acceptors (Lipinski definition) is 5.